The summed E-state index contributed by atoms with van der Waals surface area (Å²) < 4.78 is 4.76. The number of nitrogens with zero attached hydrogens (tertiary/aromatic N) is 4. The van der Waals surface area contributed by atoms with Crippen molar-refractivity contribution < 1.29 is 0 Å². The molecular weight excluding hydrogens is 993 g/mol. The number of benzene rings is 13. The van der Waals surface area contributed by atoms with E-state index in [2.05, 4.69) is 347 Å². The Morgan fingerprint density at radius 2 is 0.463 bits per heavy atom. The largest absolute Gasteiger partial charge is 0.310 e. The van der Waals surface area contributed by atoms with Crippen molar-refractivity contribution >= 4 is 77.7 Å². The fourth-order valence-corrected chi connectivity index (χ4v) is 12.2. The standard InChI is InChI=1S/C78H54N4/c1-5-21-55(22-6-1)60-27-18-34-66(50-60)79(69-45-47-77-73(53-69)71-37-13-15-39-75(71)81(77)63-30-9-3-10-31-63)65-43-41-57(42-44-65)58-25-17-26-59(49-58)62-29-20-36-68(52-62)80(67-35-19-28-61(51-67)56-23-7-2-8-24-56)70-46-48-78-74(54-70)72-38-14-16-40-76(72)82(78)64-32-11-4-12-33-64/h1-54H. The van der Waals surface area contributed by atoms with Crippen LogP contribution in [0.5, 0.6) is 0 Å². The number of hydrogen-bond acceptors (Lipinski definition) is 2. The summed E-state index contributed by atoms with van der Waals surface area (Å²) in [5.41, 5.74) is 22.7. The molecule has 0 radical (unpaired) electrons. The molecule has 0 N–H and O–H groups in total. The Balaban J connectivity index is 0.812. The maximum absolute atomic E-state index is 2.41. The third kappa shape index (κ3) is 8.76. The van der Waals surface area contributed by atoms with Crippen LogP contribution < -0.4 is 9.80 Å². The summed E-state index contributed by atoms with van der Waals surface area (Å²) >= 11 is 0. The van der Waals surface area contributed by atoms with Gasteiger partial charge in [-0.15, -0.1) is 0 Å². The predicted molar refractivity (Wildman–Crippen MR) is 346 cm³/mol. The number of anilines is 6. The number of fused-ring (bicyclic) bond motifs is 6. The molecule has 0 spiro atoms. The molecule has 0 saturated heterocycles. The van der Waals surface area contributed by atoms with Crippen molar-refractivity contribution in [2.45, 2.75) is 0 Å². The van der Waals surface area contributed by atoms with Crippen LogP contribution in [0.2, 0.25) is 0 Å². The van der Waals surface area contributed by atoms with E-state index in [9.17, 15) is 0 Å². The van der Waals surface area contributed by atoms with Gasteiger partial charge >= 0.3 is 0 Å². The molecule has 0 amide bonds. The molecule has 82 heavy (non-hydrogen) atoms. The Kier molecular flexibility index (Phi) is 12.2. The maximum Gasteiger partial charge on any atom is 0.0542 e. The first-order chi connectivity index (χ1) is 40.7. The maximum atomic E-state index is 2.41. The monoisotopic (exact) mass is 1050 g/mol. The van der Waals surface area contributed by atoms with Crippen LogP contribution in [-0.4, -0.2) is 9.13 Å². The van der Waals surface area contributed by atoms with Gasteiger partial charge in [0, 0.05) is 67.0 Å². The van der Waals surface area contributed by atoms with Crippen LogP contribution in [0.3, 0.4) is 0 Å². The highest BCUT2D eigenvalue weighted by Gasteiger charge is 2.21. The summed E-state index contributed by atoms with van der Waals surface area (Å²) in [6.07, 6.45) is 0. The van der Waals surface area contributed by atoms with E-state index >= 15 is 0 Å². The van der Waals surface area contributed by atoms with Gasteiger partial charge in [-0.1, -0.05) is 200 Å². The van der Waals surface area contributed by atoms with Gasteiger partial charge in [-0.3, -0.25) is 0 Å². The van der Waals surface area contributed by atoms with Gasteiger partial charge in [0.05, 0.1) is 22.1 Å². The first-order valence-corrected chi connectivity index (χ1v) is 28.1. The lowest BCUT2D eigenvalue weighted by atomic mass is 9.98. The Morgan fingerprint density at radius 1 is 0.171 bits per heavy atom. The van der Waals surface area contributed by atoms with Crippen molar-refractivity contribution in [3.05, 3.63) is 328 Å². The van der Waals surface area contributed by atoms with E-state index in [1.165, 1.54) is 60.3 Å². The molecule has 0 fully saturated rings. The summed E-state index contributed by atoms with van der Waals surface area (Å²) in [6.45, 7) is 0. The second kappa shape index (κ2) is 20.7. The van der Waals surface area contributed by atoms with Crippen LogP contribution in [0.15, 0.2) is 328 Å². The first-order valence-electron chi connectivity index (χ1n) is 28.1. The molecule has 0 saturated carbocycles. The molecular formula is C78H54N4. The van der Waals surface area contributed by atoms with Gasteiger partial charge in [0.25, 0.3) is 0 Å². The van der Waals surface area contributed by atoms with Gasteiger partial charge in [-0.2, -0.15) is 0 Å². The van der Waals surface area contributed by atoms with Crippen molar-refractivity contribution in [3.63, 3.8) is 0 Å². The molecule has 2 heterocycles. The lowest BCUT2D eigenvalue weighted by molar-refractivity contribution is 1.18. The van der Waals surface area contributed by atoms with Crippen LogP contribution in [0, 0.1) is 0 Å². The third-order valence-corrected chi connectivity index (χ3v) is 16.0. The quantitative estimate of drug-likeness (QED) is 0.121. The molecule has 0 aliphatic carbocycles. The van der Waals surface area contributed by atoms with Crippen LogP contribution in [-0.2, 0) is 0 Å². The normalized spacial score (nSPS) is 11.4. The van der Waals surface area contributed by atoms with Crippen molar-refractivity contribution in [3.8, 4) is 55.9 Å². The topological polar surface area (TPSA) is 16.3 Å². The molecule has 13 aromatic carbocycles. The number of rotatable bonds is 12. The van der Waals surface area contributed by atoms with Crippen molar-refractivity contribution in [1.82, 2.24) is 9.13 Å². The minimum absolute atomic E-state index is 1.07. The minimum atomic E-state index is 1.07. The van der Waals surface area contributed by atoms with Gasteiger partial charge in [0.1, 0.15) is 0 Å². The van der Waals surface area contributed by atoms with Gasteiger partial charge in [0.2, 0.25) is 0 Å². The molecule has 15 aromatic rings. The highest BCUT2D eigenvalue weighted by molar-refractivity contribution is 6.12. The zero-order valence-corrected chi connectivity index (χ0v) is 45.0. The predicted octanol–water partition coefficient (Wildman–Crippen LogP) is 21.5. The van der Waals surface area contributed by atoms with Crippen molar-refractivity contribution in [2.75, 3.05) is 9.80 Å². The minimum Gasteiger partial charge on any atom is -0.310 e. The van der Waals surface area contributed by atoms with E-state index in [1.54, 1.807) is 0 Å². The average molecular weight is 1050 g/mol. The second-order valence-electron chi connectivity index (χ2n) is 21.0. The Labute approximate surface area is 477 Å². The number of para-hydroxylation sites is 4. The zero-order valence-electron chi connectivity index (χ0n) is 45.0. The summed E-state index contributed by atoms with van der Waals surface area (Å²) in [5.74, 6) is 0. The van der Waals surface area contributed by atoms with E-state index in [0.717, 1.165) is 73.3 Å². The van der Waals surface area contributed by atoms with Crippen molar-refractivity contribution in [1.29, 1.82) is 0 Å². The Hall–Kier alpha value is -10.9. The molecule has 0 unspecified atom stereocenters. The third-order valence-electron chi connectivity index (χ3n) is 16.0. The fourth-order valence-electron chi connectivity index (χ4n) is 12.2. The zero-order chi connectivity index (χ0) is 54.3. The van der Waals surface area contributed by atoms with Crippen LogP contribution in [0.1, 0.15) is 0 Å². The Morgan fingerprint density at radius 3 is 0.915 bits per heavy atom. The highest BCUT2D eigenvalue weighted by atomic mass is 15.1. The van der Waals surface area contributed by atoms with E-state index in [1.807, 2.05) is 0 Å². The van der Waals surface area contributed by atoms with Crippen LogP contribution >= 0.6 is 0 Å². The molecule has 0 aliphatic heterocycles. The lowest BCUT2D eigenvalue weighted by Crippen LogP contribution is -2.10. The Bertz CT molecular complexity index is 4790. The molecule has 386 valence electrons. The van der Waals surface area contributed by atoms with E-state index in [4.69, 9.17) is 0 Å². The van der Waals surface area contributed by atoms with E-state index < -0.39 is 0 Å². The van der Waals surface area contributed by atoms with Gasteiger partial charge in [-0.25, -0.2) is 0 Å². The average Bonchev–Trinajstić information content (AvgIpc) is 3.83. The molecule has 0 bridgehead atoms. The number of hydrogen-bond donors (Lipinski definition) is 0. The van der Waals surface area contributed by atoms with Gasteiger partial charge in [0.15, 0.2) is 0 Å². The summed E-state index contributed by atoms with van der Waals surface area (Å²) in [4.78, 5) is 4.81. The SMILES string of the molecule is c1ccc(-c2cccc(N(c3ccc(-c4cccc(-c5cccc(N(c6cccc(-c7ccccc7)c6)c6ccc7c(c6)c6ccccc6n7-c6ccccc6)c5)c4)cc3)c3ccc4c(c3)c3ccccc3n4-c3ccccc3)c2)cc1. The number of aromatic nitrogens is 2. The van der Waals surface area contributed by atoms with Gasteiger partial charge < -0.3 is 18.9 Å². The molecule has 0 aliphatic rings. The van der Waals surface area contributed by atoms with Crippen LogP contribution in [0.4, 0.5) is 34.1 Å². The summed E-state index contributed by atoms with van der Waals surface area (Å²) in [7, 11) is 0. The van der Waals surface area contributed by atoms with E-state index in [-0.39, 0.29) is 0 Å². The molecule has 2 aromatic heterocycles. The van der Waals surface area contributed by atoms with Gasteiger partial charge in [-0.05, 0) is 172 Å². The molecule has 0 atom stereocenters. The van der Waals surface area contributed by atoms with Crippen LogP contribution in [0.25, 0.3) is 99.5 Å². The second-order valence-corrected chi connectivity index (χ2v) is 21.0. The smallest absolute Gasteiger partial charge is 0.0542 e. The van der Waals surface area contributed by atoms with Crippen molar-refractivity contribution in [2.24, 2.45) is 0 Å². The highest BCUT2D eigenvalue weighted by Crippen LogP contribution is 2.44. The molecule has 4 nitrogen and oxygen atoms in total. The molecule has 4 heteroatoms. The lowest BCUT2D eigenvalue weighted by Gasteiger charge is -2.27. The first kappa shape index (κ1) is 48.2. The summed E-state index contributed by atoms with van der Waals surface area (Å²) in [6, 6.07) is 119. The molecule has 15 rings (SSSR count). The van der Waals surface area contributed by atoms with E-state index in [0.29, 0.717) is 0 Å². The fraction of sp³-hybridized carbons (Fsp3) is 0. The summed E-state index contributed by atoms with van der Waals surface area (Å²) in [5, 5.41) is 4.84.